The van der Waals surface area contributed by atoms with Crippen molar-refractivity contribution in [2.75, 3.05) is 6.54 Å². The van der Waals surface area contributed by atoms with Gasteiger partial charge in [-0.3, -0.25) is 0 Å². The SMILES string of the molecule is NCC(O)c1[nH]c(CO)c(O)c1O. The molecule has 0 bridgehead atoms. The van der Waals surface area contributed by atoms with Crippen LogP contribution in [0.1, 0.15) is 17.5 Å². The average Bonchev–Trinajstić information content (AvgIpc) is 2.43. The highest BCUT2D eigenvalue weighted by molar-refractivity contribution is 5.47. The molecule has 1 heterocycles. The van der Waals surface area contributed by atoms with Crippen molar-refractivity contribution in [1.29, 1.82) is 0 Å². The van der Waals surface area contributed by atoms with Crippen LogP contribution in [0.15, 0.2) is 0 Å². The molecule has 74 valence electrons. The van der Waals surface area contributed by atoms with E-state index in [-0.39, 0.29) is 17.9 Å². The van der Waals surface area contributed by atoms with Gasteiger partial charge in [-0.2, -0.15) is 0 Å². The van der Waals surface area contributed by atoms with Crippen molar-refractivity contribution in [3.63, 3.8) is 0 Å². The monoisotopic (exact) mass is 188 g/mol. The van der Waals surface area contributed by atoms with Crippen molar-refractivity contribution in [2.45, 2.75) is 12.7 Å². The van der Waals surface area contributed by atoms with Gasteiger partial charge in [-0.05, 0) is 0 Å². The first-order chi connectivity index (χ1) is 6.11. The van der Waals surface area contributed by atoms with E-state index in [4.69, 9.17) is 15.9 Å². The molecule has 13 heavy (non-hydrogen) atoms. The van der Waals surface area contributed by atoms with Gasteiger partial charge in [-0.15, -0.1) is 0 Å². The van der Waals surface area contributed by atoms with Crippen LogP contribution in [0.25, 0.3) is 0 Å². The van der Waals surface area contributed by atoms with E-state index in [1.807, 2.05) is 0 Å². The second kappa shape index (κ2) is 3.65. The molecule has 1 aromatic heterocycles. The number of nitrogens with two attached hydrogens (primary N) is 1. The second-order valence-corrected chi connectivity index (χ2v) is 2.62. The largest absolute Gasteiger partial charge is 0.503 e. The molecule has 6 nitrogen and oxygen atoms in total. The highest BCUT2D eigenvalue weighted by atomic mass is 16.3. The van der Waals surface area contributed by atoms with Gasteiger partial charge >= 0.3 is 0 Å². The fourth-order valence-corrected chi connectivity index (χ4v) is 1.02. The first-order valence-corrected chi connectivity index (χ1v) is 3.73. The van der Waals surface area contributed by atoms with Gasteiger partial charge in [0.05, 0.1) is 18.0 Å². The highest BCUT2D eigenvalue weighted by Gasteiger charge is 2.20. The summed E-state index contributed by atoms with van der Waals surface area (Å²) < 4.78 is 0. The maximum Gasteiger partial charge on any atom is 0.181 e. The van der Waals surface area contributed by atoms with Crippen LogP contribution in [-0.4, -0.2) is 32.0 Å². The summed E-state index contributed by atoms with van der Waals surface area (Å²) in [7, 11) is 0. The number of H-pyrrole nitrogens is 1. The Balaban J connectivity index is 3.09. The van der Waals surface area contributed by atoms with Crippen LogP contribution in [-0.2, 0) is 6.61 Å². The molecule has 0 saturated heterocycles. The number of aliphatic hydroxyl groups excluding tert-OH is 2. The van der Waals surface area contributed by atoms with Gasteiger partial charge < -0.3 is 31.1 Å². The van der Waals surface area contributed by atoms with Gasteiger partial charge in [0.25, 0.3) is 0 Å². The lowest BCUT2D eigenvalue weighted by Crippen LogP contribution is -2.12. The third-order valence-corrected chi connectivity index (χ3v) is 1.77. The molecule has 0 aromatic carbocycles. The zero-order valence-corrected chi connectivity index (χ0v) is 6.86. The molecule has 0 fully saturated rings. The number of aromatic nitrogens is 1. The minimum atomic E-state index is -1.08. The molecule has 1 rings (SSSR count). The first kappa shape index (κ1) is 9.85. The average molecular weight is 188 g/mol. The van der Waals surface area contributed by atoms with Crippen LogP contribution in [0.4, 0.5) is 0 Å². The summed E-state index contributed by atoms with van der Waals surface area (Å²) in [5.74, 6) is -0.924. The van der Waals surface area contributed by atoms with E-state index in [9.17, 15) is 10.2 Å². The smallest absolute Gasteiger partial charge is 0.181 e. The topological polar surface area (TPSA) is 123 Å². The lowest BCUT2D eigenvalue weighted by molar-refractivity contribution is 0.177. The van der Waals surface area contributed by atoms with E-state index >= 15 is 0 Å². The van der Waals surface area contributed by atoms with Crippen LogP contribution in [0.5, 0.6) is 11.5 Å². The number of aromatic hydroxyl groups is 2. The zero-order chi connectivity index (χ0) is 10.0. The molecule has 0 spiro atoms. The molecular weight excluding hydrogens is 176 g/mol. The maximum absolute atomic E-state index is 9.24. The van der Waals surface area contributed by atoms with E-state index in [1.165, 1.54) is 0 Å². The summed E-state index contributed by atoms with van der Waals surface area (Å²) in [5, 5.41) is 36.3. The normalized spacial score (nSPS) is 13.2. The second-order valence-electron chi connectivity index (χ2n) is 2.62. The summed E-state index contributed by atoms with van der Waals surface area (Å²) in [6.07, 6.45) is -1.08. The molecule has 0 aliphatic rings. The fourth-order valence-electron chi connectivity index (χ4n) is 1.02. The molecule has 1 unspecified atom stereocenters. The third kappa shape index (κ3) is 1.59. The quantitative estimate of drug-likeness (QED) is 0.360. The Hall–Kier alpha value is -1.24. The van der Waals surface area contributed by atoms with Crippen molar-refractivity contribution in [2.24, 2.45) is 5.73 Å². The number of hydrogen-bond donors (Lipinski definition) is 6. The minimum Gasteiger partial charge on any atom is -0.503 e. The highest BCUT2D eigenvalue weighted by Crippen LogP contribution is 2.35. The van der Waals surface area contributed by atoms with Gasteiger partial charge in [-0.1, -0.05) is 0 Å². The molecule has 0 aliphatic heterocycles. The van der Waals surface area contributed by atoms with E-state index in [0.717, 1.165) is 0 Å². The van der Waals surface area contributed by atoms with Crippen molar-refractivity contribution >= 4 is 0 Å². The summed E-state index contributed by atoms with van der Waals surface area (Å²) in [6, 6.07) is 0. The third-order valence-electron chi connectivity index (χ3n) is 1.77. The fraction of sp³-hybridized carbons (Fsp3) is 0.429. The van der Waals surface area contributed by atoms with Crippen molar-refractivity contribution < 1.29 is 20.4 Å². The molecule has 0 aliphatic carbocycles. The van der Waals surface area contributed by atoms with E-state index in [2.05, 4.69) is 4.98 Å². The summed E-state index contributed by atoms with van der Waals surface area (Å²) in [5.41, 5.74) is 5.22. The lowest BCUT2D eigenvalue weighted by atomic mass is 10.2. The zero-order valence-electron chi connectivity index (χ0n) is 6.86. The van der Waals surface area contributed by atoms with Crippen molar-refractivity contribution in [3.05, 3.63) is 11.4 Å². The first-order valence-electron chi connectivity index (χ1n) is 3.73. The summed E-state index contributed by atoms with van der Waals surface area (Å²) >= 11 is 0. The molecule has 1 atom stereocenters. The van der Waals surface area contributed by atoms with Crippen LogP contribution in [0, 0.1) is 0 Å². The summed E-state index contributed by atoms with van der Waals surface area (Å²) in [6.45, 7) is -0.533. The van der Waals surface area contributed by atoms with Crippen LogP contribution in [0.3, 0.4) is 0 Å². The Labute approximate surface area is 74.3 Å². The molecule has 0 radical (unpaired) electrons. The van der Waals surface area contributed by atoms with Gasteiger partial charge in [-0.25, -0.2) is 0 Å². The summed E-state index contributed by atoms with van der Waals surface area (Å²) in [4.78, 5) is 2.47. The molecule has 6 heteroatoms. The van der Waals surface area contributed by atoms with Crippen molar-refractivity contribution in [1.82, 2.24) is 4.98 Å². The predicted octanol–water partition coefficient (Wildman–Crippen LogP) is -1.09. The van der Waals surface area contributed by atoms with E-state index < -0.39 is 24.2 Å². The van der Waals surface area contributed by atoms with Gasteiger partial charge in [0.2, 0.25) is 0 Å². The van der Waals surface area contributed by atoms with E-state index in [1.54, 1.807) is 0 Å². The minimum absolute atomic E-state index is 0.0176. The Morgan fingerprint density at radius 2 is 1.92 bits per heavy atom. The standard InChI is InChI=1S/C7H12N2O4/c8-1-4(11)5-7(13)6(12)3(2-10)9-5/h4,9-13H,1-2,8H2. The van der Waals surface area contributed by atoms with Crippen LogP contribution >= 0.6 is 0 Å². The Kier molecular flexibility index (Phi) is 2.76. The van der Waals surface area contributed by atoms with Gasteiger partial charge in [0, 0.05) is 6.54 Å². The van der Waals surface area contributed by atoms with Crippen LogP contribution in [0.2, 0.25) is 0 Å². The number of aliphatic hydroxyl groups is 2. The number of hydrogen-bond acceptors (Lipinski definition) is 5. The Morgan fingerprint density at radius 3 is 2.31 bits per heavy atom. The molecule has 7 N–H and O–H groups in total. The Bertz CT molecular complexity index is 297. The molecule has 0 saturated carbocycles. The maximum atomic E-state index is 9.24. The number of rotatable bonds is 3. The van der Waals surface area contributed by atoms with Gasteiger partial charge in [0.15, 0.2) is 11.5 Å². The molecular formula is C7H12N2O4. The van der Waals surface area contributed by atoms with Crippen molar-refractivity contribution in [3.8, 4) is 11.5 Å². The van der Waals surface area contributed by atoms with E-state index in [0.29, 0.717) is 0 Å². The lowest BCUT2D eigenvalue weighted by Gasteiger charge is -2.04. The van der Waals surface area contributed by atoms with Crippen LogP contribution < -0.4 is 5.73 Å². The predicted molar refractivity (Wildman–Crippen MR) is 44.1 cm³/mol. The van der Waals surface area contributed by atoms with Gasteiger partial charge in [0.1, 0.15) is 6.10 Å². The molecule has 1 aromatic rings. The Morgan fingerprint density at radius 1 is 1.31 bits per heavy atom. The number of aromatic amines is 1. The number of nitrogens with one attached hydrogen (secondary N) is 1. The molecule has 0 amide bonds.